The fourth-order valence-corrected chi connectivity index (χ4v) is 2.86. The van der Waals surface area contributed by atoms with E-state index in [-0.39, 0.29) is 6.61 Å². The first-order valence-corrected chi connectivity index (χ1v) is 8.28. The molecule has 8 heteroatoms. The van der Waals surface area contributed by atoms with E-state index in [2.05, 4.69) is 15.1 Å². The number of hydrogen-bond donors (Lipinski definition) is 0. The minimum Gasteiger partial charge on any atom is -0.455 e. The Morgan fingerprint density at radius 2 is 2.12 bits per heavy atom. The minimum atomic E-state index is -0.425. The van der Waals surface area contributed by atoms with E-state index in [9.17, 15) is 4.79 Å². The van der Waals surface area contributed by atoms with Gasteiger partial charge in [-0.2, -0.15) is 5.10 Å². The quantitative estimate of drug-likeness (QED) is 0.512. The molecule has 0 bridgehead atoms. The van der Waals surface area contributed by atoms with Crippen LogP contribution >= 0.6 is 11.3 Å². The number of carbonyl (C=O) groups is 1. The Hall–Kier alpha value is -3.26. The second-order valence-electron chi connectivity index (χ2n) is 5.08. The third-order valence-electron chi connectivity index (χ3n) is 3.42. The molecule has 0 fully saturated rings. The molecule has 0 amide bonds. The van der Waals surface area contributed by atoms with E-state index in [4.69, 9.17) is 9.15 Å². The van der Waals surface area contributed by atoms with Gasteiger partial charge in [0.05, 0.1) is 16.1 Å². The summed E-state index contributed by atoms with van der Waals surface area (Å²) in [5, 5.41) is 5.98. The summed E-state index contributed by atoms with van der Waals surface area (Å²) in [6.07, 6.45) is 4.53. The molecule has 0 aliphatic heterocycles. The van der Waals surface area contributed by atoms with Gasteiger partial charge in [0.15, 0.2) is 0 Å². The zero-order valence-corrected chi connectivity index (χ0v) is 13.7. The number of carbonyl (C=O) groups excluding carboxylic acids is 1. The van der Waals surface area contributed by atoms with Crippen molar-refractivity contribution in [2.45, 2.75) is 6.61 Å². The maximum atomic E-state index is 12.1. The van der Waals surface area contributed by atoms with Gasteiger partial charge in [-0.1, -0.05) is 6.07 Å². The average Bonchev–Trinajstić information content (AvgIpc) is 3.42. The number of thiophene rings is 1. The Labute approximate surface area is 146 Å². The van der Waals surface area contributed by atoms with Gasteiger partial charge in [-0.15, -0.1) is 11.3 Å². The summed E-state index contributed by atoms with van der Waals surface area (Å²) in [7, 11) is 0. The van der Waals surface area contributed by atoms with Gasteiger partial charge in [0, 0.05) is 0 Å². The largest absolute Gasteiger partial charge is 0.455 e. The fraction of sp³-hybridized carbons (Fsp3) is 0.0588. The Bertz CT molecular complexity index is 960. The lowest BCUT2D eigenvalue weighted by molar-refractivity contribution is 0.0468. The molecular formula is C17H12N4O3S. The van der Waals surface area contributed by atoms with E-state index in [0.717, 1.165) is 10.6 Å². The van der Waals surface area contributed by atoms with Crippen molar-refractivity contribution in [3.05, 3.63) is 72.0 Å². The Morgan fingerprint density at radius 1 is 1.24 bits per heavy atom. The highest BCUT2D eigenvalue weighted by atomic mass is 32.1. The van der Waals surface area contributed by atoms with Crippen molar-refractivity contribution in [3.8, 4) is 16.5 Å². The molecular weight excluding hydrogens is 340 g/mol. The van der Waals surface area contributed by atoms with Crippen molar-refractivity contribution in [2.24, 2.45) is 0 Å². The van der Waals surface area contributed by atoms with E-state index in [1.54, 1.807) is 35.3 Å². The summed E-state index contributed by atoms with van der Waals surface area (Å²) < 4.78 is 12.3. The smallest absolute Gasteiger partial charge is 0.338 e. The molecule has 3 heterocycles. The predicted octanol–water partition coefficient (Wildman–Crippen LogP) is 3.34. The number of benzene rings is 1. The van der Waals surface area contributed by atoms with Crippen molar-refractivity contribution < 1.29 is 13.9 Å². The SMILES string of the molecule is O=C(OCc1coc(-c2cccs2)n1)c1ccc(-n2cncn2)cc1. The van der Waals surface area contributed by atoms with E-state index >= 15 is 0 Å². The van der Waals surface area contributed by atoms with Crippen molar-refractivity contribution >= 4 is 17.3 Å². The van der Waals surface area contributed by atoms with Gasteiger partial charge in [0.25, 0.3) is 0 Å². The number of hydrogen-bond acceptors (Lipinski definition) is 7. The van der Waals surface area contributed by atoms with Crippen LogP contribution in [-0.2, 0) is 11.3 Å². The molecule has 0 spiro atoms. The molecule has 0 aliphatic rings. The lowest BCUT2D eigenvalue weighted by atomic mass is 10.2. The lowest BCUT2D eigenvalue weighted by Crippen LogP contribution is -2.06. The molecule has 0 saturated carbocycles. The summed E-state index contributed by atoms with van der Waals surface area (Å²) in [5.41, 5.74) is 1.83. The van der Waals surface area contributed by atoms with Crippen molar-refractivity contribution in [2.75, 3.05) is 0 Å². The van der Waals surface area contributed by atoms with Crippen LogP contribution in [0.15, 0.2) is 65.1 Å². The molecule has 1 aromatic carbocycles. The molecule has 0 radical (unpaired) electrons. The van der Waals surface area contributed by atoms with Crippen LogP contribution in [0.25, 0.3) is 16.5 Å². The van der Waals surface area contributed by atoms with E-state index in [1.807, 2.05) is 17.5 Å². The lowest BCUT2D eigenvalue weighted by Gasteiger charge is -2.04. The maximum absolute atomic E-state index is 12.1. The zero-order valence-electron chi connectivity index (χ0n) is 12.9. The van der Waals surface area contributed by atoms with Crippen LogP contribution in [0, 0.1) is 0 Å². The summed E-state index contributed by atoms with van der Waals surface area (Å²) in [5.74, 6) is 0.101. The molecule has 3 aromatic heterocycles. The summed E-state index contributed by atoms with van der Waals surface area (Å²) in [4.78, 5) is 21.3. The third-order valence-corrected chi connectivity index (χ3v) is 4.28. The van der Waals surface area contributed by atoms with E-state index in [0.29, 0.717) is 17.1 Å². The Morgan fingerprint density at radius 3 is 2.84 bits per heavy atom. The summed E-state index contributed by atoms with van der Waals surface area (Å²) in [6.45, 7) is 0.0541. The van der Waals surface area contributed by atoms with Gasteiger partial charge in [-0.25, -0.2) is 19.4 Å². The first-order valence-electron chi connectivity index (χ1n) is 7.40. The molecule has 0 aliphatic carbocycles. The maximum Gasteiger partial charge on any atom is 0.338 e. The Balaban J connectivity index is 1.39. The first kappa shape index (κ1) is 15.3. The first-order chi connectivity index (χ1) is 12.3. The van der Waals surface area contributed by atoms with Crippen LogP contribution in [0.2, 0.25) is 0 Å². The van der Waals surface area contributed by atoms with E-state index < -0.39 is 5.97 Å². The van der Waals surface area contributed by atoms with Crippen molar-refractivity contribution in [1.29, 1.82) is 0 Å². The predicted molar refractivity (Wildman–Crippen MR) is 90.3 cm³/mol. The molecule has 0 unspecified atom stereocenters. The van der Waals surface area contributed by atoms with Crippen LogP contribution in [0.3, 0.4) is 0 Å². The normalized spacial score (nSPS) is 10.7. The van der Waals surface area contributed by atoms with Crippen LogP contribution in [0.1, 0.15) is 16.1 Å². The van der Waals surface area contributed by atoms with Gasteiger partial charge in [0.1, 0.15) is 31.2 Å². The van der Waals surface area contributed by atoms with Gasteiger partial charge in [0.2, 0.25) is 5.89 Å². The number of esters is 1. The highest BCUT2D eigenvalue weighted by molar-refractivity contribution is 7.13. The fourth-order valence-electron chi connectivity index (χ4n) is 2.20. The molecule has 0 atom stereocenters. The van der Waals surface area contributed by atoms with Gasteiger partial charge in [-0.3, -0.25) is 0 Å². The topological polar surface area (TPSA) is 83.0 Å². The second kappa shape index (κ2) is 6.70. The van der Waals surface area contributed by atoms with Gasteiger partial charge in [-0.05, 0) is 35.7 Å². The Kier molecular flexibility index (Phi) is 4.09. The molecule has 124 valence electrons. The third kappa shape index (κ3) is 3.33. The highest BCUT2D eigenvalue weighted by Crippen LogP contribution is 2.23. The highest BCUT2D eigenvalue weighted by Gasteiger charge is 2.11. The average molecular weight is 352 g/mol. The standard InChI is InChI=1S/C17H12N4O3S/c22-17(12-3-5-14(6-4-12)21-11-18-10-19-21)24-9-13-8-23-16(20-13)15-2-1-7-25-15/h1-8,10-11H,9H2. The van der Waals surface area contributed by atoms with Crippen molar-refractivity contribution in [1.82, 2.24) is 19.7 Å². The van der Waals surface area contributed by atoms with Crippen LogP contribution in [0.5, 0.6) is 0 Å². The molecule has 4 aromatic rings. The zero-order chi connectivity index (χ0) is 17.1. The number of oxazole rings is 1. The molecule has 7 nitrogen and oxygen atoms in total. The summed E-state index contributed by atoms with van der Waals surface area (Å²) >= 11 is 1.54. The number of aromatic nitrogens is 4. The number of ether oxygens (including phenoxy) is 1. The molecule has 4 rings (SSSR count). The molecule has 25 heavy (non-hydrogen) atoms. The minimum absolute atomic E-state index is 0.0541. The number of rotatable bonds is 5. The van der Waals surface area contributed by atoms with Gasteiger partial charge >= 0.3 is 5.97 Å². The number of nitrogens with zero attached hydrogens (tertiary/aromatic N) is 4. The van der Waals surface area contributed by atoms with E-state index in [1.165, 1.54) is 23.9 Å². The molecule has 0 saturated heterocycles. The van der Waals surface area contributed by atoms with Crippen molar-refractivity contribution in [3.63, 3.8) is 0 Å². The van der Waals surface area contributed by atoms with Crippen LogP contribution in [-0.4, -0.2) is 25.7 Å². The van der Waals surface area contributed by atoms with Crippen LogP contribution < -0.4 is 0 Å². The van der Waals surface area contributed by atoms with Crippen LogP contribution in [0.4, 0.5) is 0 Å². The summed E-state index contributed by atoms with van der Waals surface area (Å²) in [6, 6.07) is 10.8. The molecule has 0 N–H and O–H groups in total. The second-order valence-corrected chi connectivity index (χ2v) is 6.03. The monoisotopic (exact) mass is 352 g/mol. The van der Waals surface area contributed by atoms with Gasteiger partial charge < -0.3 is 9.15 Å².